The Morgan fingerprint density at radius 1 is 1.00 bits per heavy atom. The van der Waals surface area contributed by atoms with Crippen LogP contribution in [0, 0.1) is 0 Å². The number of benzene rings is 1. The fourth-order valence-corrected chi connectivity index (χ4v) is 9.97. The Kier molecular flexibility index (Phi) is 6.29. The van der Waals surface area contributed by atoms with Crippen LogP contribution >= 0.6 is 0 Å². The van der Waals surface area contributed by atoms with Gasteiger partial charge in [-0.25, -0.2) is 9.69 Å². The van der Waals surface area contributed by atoms with Gasteiger partial charge in [-0.2, -0.15) is 0 Å². The van der Waals surface area contributed by atoms with Crippen molar-refractivity contribution in [3.8, 4) is 0 Å². The van der Waals surface area contributed by atoms with Crippen molar-refractivity contribution < 1.29 is 18.8 Å². The molecule has 144 valence electrons. The molecule has 6 heteroatoms. The molecule has 2 rings (SSSR count). The molecule has 0 spiro atoms. The number of rotatable bonds is 6. The van der Waals surface area contributed by atoms with Crippen LogP contribution in [0.1, 0.15) is 53.1 Å². The summed E-state index contributed by atoms with van der Waals surface area (Å²) in [6.45, 7) is 13.1. The number of hydrogen-bond donors (Lipinski definition) is 0. The normalized spacial score (nSPS) is 20.7. The van der Waals surface area contributed by atoms with Crippen LogP contribution in [0.4, 0.5) is 4.79 Å². The molecule has 1 aliphatic heterocycles. The molecule has 0 saturated carbocycles. The van der Waals surface area contributed by atoms with Gasteiger partial charge in [-0.15, -0.1) is 0 Å². The summed E-state index contributed by atoms with van der Waals surface area (Å²) in [7, 11) is -0.958. The van der Waals surface area contributed by atoms with E-state index in [0.717, 1.165) is 5.56 Å². The van der Waals surface area contributed by atoms with E-state index in [2.05, 4.69) is 41.5 Å². The molecule has 1 aliphatic rings. The van der Waals surface area contributed by atoms with Gasteiger partial charge in [-0.3, -0.25) is 4.79 Å². The number of methoxy groups -OCH3 is 1. The number of nitrogens with zero attached hydrogens (tertiary/aromatic N) is 1. The second-order valence-electron chi connectivity index (χ2n) is 7.89. The van der Waals surface area contributed by atoms with E-state index in [0.29, 0.717) is 16.6 Å². The first-order valence-corrected chi connectivity index (χ1v) is 11.5. The number of imide groups is 1. The molecule has 0 aromatic heterocycles. The predicted molar refractivity (Wildman–Crippen MR) is 104 cm³/mol. The maximum atomic E-state index is 12.8. The summed E-state index contributed by atoms with van der Waals surface area (Å²) >= 11 is 0. The van der Waals surface area contributed by atoms with Gasteiger partial charge in [0, 0.05) is 0 Å². The molecule has 2 atom stereocenters. The molecule has 1 aromatic rings. The Morgan fingerprint density at radius 2 is 1.50 bits per heavy atom. The lowest BCUT2D eigenvalue weighted by Crippen LogP contribution is -2.66. The Labute approximate surface area is 157 Å². The van der Waals surface area contributed by atoms with Crippen LogP contribution in [-0.2, 0) is 14.0 Å². The Bertz CT molecular complexity index is 623. The second kappa shape index (κ2) is 7.92. The molecule has 5 nitrogen and oxygen atoms in total. The van der Waals surface area contributed by atoms with Crippen LogP contribution in [0.25, 0.3) is 0 Å². The van der Waals surface area contributed by atoms with E-state index in [4.69, 9.17) is 9.16 Å². The van der Waals surface area contributed by atoms with Crippen molar-refractivity contribution in [2.45, 2.75) is 70.3 Å². The Morgan fingerprint density at radius 3 is 1.92 bits per heavy atom. The number of carbonyl (C=O) groups excluding carboxylic acids is 2. The molecule has 2 amide bonds. The third-order valence-corrected chi connectivity index (χ3v) is 11.7. The van der Waals surface area contributed by atoms with E-state index >= 15 is 0 Å². The van der Waals surface area contributed by atoms with E-state index in [9.17, 15) is 9.59 Å². The van der Waals surface area contributed by atoms with Gasteiger partial charge in [0.1, 0.15) is 6.04 Å². The smallest absolute Gasteiger partial charge is 0.417 e. The Balaban J connectivity index is 2.43. The monoisotopic (exact) mass is 377 g/mol. The molecular weight excluding hydrogens is 346 g/mol. The first-order chi connectivity index (χ1) is 12.2. The average Bonchev–Trinajstić information content (AvgIpc) is 2.59. The van der Waals surface area contributed by atoms with Gasteiger partial charge in [-0.05, 0) is 22.2 Å². The van der Waals surface area contributed by atoms with Gasteiger partial charge in [0.2, 0.25) is 8.32 Å². The largest absolute Gasteiger partial charge is 0.452 e. The molecule has 0 radical (unpaired) electrons. The first kappa shape index (κ1) is 20.6. The minimum Gasteiger partial charge on any atom is -0.452 e. The average molecular weight is 378 g/mol. The summed E-state index contributed by atoms with van der Waals surface area (Å²) in [4.78, 5) is 26.1. The number of β-lactam (4-membered cyclic amide) rings is 1. The maximum Gasteiger partial charge on any atom is 0.417 e. The molecule has 0 aliphatic carbocycles. The third kappa shape index (κ3) is 3.32. The second-order valence-corrected chi connectivity index (χ2v) is 13.3. The summed E-state index contributed by atoms with van der Waals surface area (Å²) in [5.41, 5.74) is 1.97. The number of amides is 2. The number of carbonyl (C=O) groups is 2. The molecule has 1 aromatic carbocycles. The van der Waals surface area contributed by atoms with E-state index in [1.165, 1.54) is 12.0 Å². The summed E-state index contributed by atoms with van der Waals surface area (Å²) in [5.74, 6) is -0.301. The quantitative estimate of drug-likeness (QED) is 0.523. The van der Waals surface area contributed by atoms with Crippen molar-refractivity contribution in [1.29, 1.82) is 0 Å². The minimum atomic E-state index is -2.25. The predicted octanol–water partition coefficient (Wildman–Crippen LogP) is 4.90. The van der Waals surface area contributed by atoms with Crippen molar-refractivity contribution in [3.63, 3.8) is 0 Å². The van der Waals surface area contributed by atoms with Gasteiger partial charge < -0.3 is 9.16 Å². The van der Waals surface area contributed by atoms with Crippen molar-refractivity contribution in [1.82, 2.24) is 4.90 Å². The number of hydrogen-bond acceptors (Lipinski definition) is 4. The summed E-state index contributed by atoms with van der Waals surface area (Å²) in [6, 6.07) is 9.14. The maximum absolute atomic E-state index is 12.8. The highest BCUT2D eigenvalue weighted by atomic mass is 28.4. The molecule has 0 N–H and O–H groups in total. The summed E-state index contributed by atoms with van der Waals surface area (Å²) in [6.07, 6.45) is -1.26. The van der Waals surface area contributed by atoms with Gasteiger partial charge in [0.15, 0.2) is 6.10 Å². The van der Waals surface area contributed by atoms with Crippen LogP contribution in [0.15, 0.2) is 30.3 Å². The first-order valence-electron chi connectivity index (χ1n) is 9.32. The van der Waals surface area contributed by atoms with E-state index in [1.807, 2.05) is 30.3 Å². The fourth-order valence-electron chi connectivity index (χ4n) is 4.48. The zero-order valence-electron chi connectivity index (χ0n) is 16.9. The molecule has 26 heavy (non-hydrogen) atoms. The number of ether oxygens (including phenoxy) is 1. The number of likely N-dealkylation sites (tertiary alicyclic amines) is 1. The molecule has 1 saturated heterocycles. The van der Waals surface area contributed by atoms with Crippen LogP contribution < -0.4 is 0 Å². The highest BCUT2D eigenvalue weighted by molar-refractivity contribution is 6.77. The van der Waals surface area contributed by atoms with Crippen LogP contribution in [0.2, 0.25) is 16.6 Å². The molecular formula is C20H31NO4Si. The lowest BCUT2D eigenvalue weighted by Gasteiger charge is -2.51. The van der Waals surface area contributed by atoms with E-state index < -0.39 is 26.6 Å². The highest BCUT2D eigenvalue weighted by Crippen LogP contribution is 2.47. The topological polar surface area (TPSA) is 55.8 Å². The zero-order chi connectivity index (χ0) is 19.6. The van der Waals surface area contributed by atoms with Crippen molar-refractivity contribution in [2.75, 3.05) is 7.11 Å². The summed E-state index contributed by atoms with van der Waals surface area (Å²) < 4.78 is 11.5. The van der Waals surface area contributed by atoms with Gasteiger partial charge in [0.05, 0.1) is 7.11 Å². The van der Waals surface area contributed by atoms with Crippen LogP contribution in [0.5, 0.6) is 0 Å². The summed E-state index contributed by atoms with van der Waals surface area (Å²) in [5, 5.41) is 0. The lowest BCUT2D eigenvalue weighted by molar-refractivity contribution is -0.160. The molecule has 1 heterocycles. The standard InChI is InChI=1S/C20H31NO4Si/c1-13(2)26(14(3)4,15(5)6)25-18-17(16-11-9-8-10-12-16)21(19(18)22)20(23)24-7/h8-15,17-18H,1-7H3/t17-,18+/m0/s1. The lowest BCUT2D eigenvalue weighted by atomic mass is 9.91. The van der Waals surface area contributed by atoms with Crippen molar-refractivity contribution >= 4 is 20.3 Å². The van der Waals surface area contributed by atoms with Gasteiger partial charge in [-0.1, -0.05) is 71.9 Å². The molecule has 0 bridgehead atoms. The van der Waals surface area contributed by atoms with Crippen molar-refractivity contribution in [3.05, 3.63) is 35.9 Å². The van der Waals surface area contributed by atoms with Crippen LogP contribution in [0.3, 0.4) is 0 Å². The Hall–Kier alpha value is -1.66. The SMILES string of the molecule is COC(=O)N1C(=O)[C@H](O[Si](C(C)C)(C(C)C)C(C)C)[C@@H]1c1ccccc1. The van der Waals surface area contributed by atoms with Crippen LogP contribution in [-0.4, -0.2) is 38.4 Å². The zero-order valence-corrected chi connectivity index (χ0v) is 17.9. The van der Waals surface area contributed by atoms with E-state index in [1.54, 1.807) is 0 Å². The van der Waals surface area contributed by atoms with Gasteiger partial charge in [0.25, 0.3) is 5.91 Å². The highest BCUT2D eigenvalue weighted by Gasteiger charge is 2.58. The minimum absolute atomic E-state index is 0.301. The van der Waals surface area contributed by atoms with Gasteiger partial charge >= 0.3 is 6.09 Å². The molecule has 1 fully saturated rings. The van der Waals surface area contributed by atoms with Crippen molar-refractivity contribution in [2.24, 2.45) is 0 Å². The molecule has 0 unspecified atom stereocenters. The third-order valence-electron chi connectivity index (χ3n) is 5.60. The van der Waals surface area contributed by atoms with E-state index in [-0.39, 0.29) is 5.91 Å². The fraction of sp³-hybridized carbons (Fsp3) is 0.600.